The molecule has 0 aliphatic carbocycles. The summed E-state index contributed by atoms with van der Waals surface area (Å²) in [5, 5.41) is 0. The minimum absolute atomic E-state index is 0.0838. The third-order valence-electron chi connectivity index (χ3n) is 10.1. The maximum Gasteiger partial charge on any atom is 0.306 e. The van der Waals surface area contributed by atoms with E-state index in [0.29, 0.717) is 19.3 Å². The van der Waals surface area contributed by atoms with Crippen LogP contribution in [-0.4, -0.2) is 37.2 Å². The highest BCUT2D eigenvalue weighted by atomic mass is 16.6. The molecule has 56 heavy (non-hydrogen) atoms. The normalized spacial score (nSPS) is 12.4. The quantitative estimate of drug-likeness (QED) is 0.0265. The van der Waals surface area contributed by atoms with Gasteiger partial charge >= 0.3 is 17.9 Å². The van der Waals surface area contributed by atoms with Crippen LogP contribution in [0.4, 0.5) is 0 Å². The standard InChI is InChI=1S/C50H88O6/c1-4-7-10-13-16-19-21-23-25-27-29-31-34-37-40-43-49(52)55-46-47(45-54-48(51)42-39-36-33-18-15-12-9-6-3)56-50(53)44-41-38-35-32-30-28-26-24-22-20-17-14-11-8-5-2/h7,10,16,19,23,25,29,31,47H,4-6,8-9,11-15,17-18,20-22,24,26-28,30,32-46H2,1-3H3/b10-7-,19-16-,25-23-,31-29-. The lowest BCUT2D eigenvalue weighted by molar-refractivity contribution is -0.167. The van der Waals surface area contributed by atoms with Crippen molar-refractivity contribution in [2.75, 3.05) is 13.2 Å². The highest BCUT2D eigenvalue weighted by molar-refractivity contribution is 5.71. The molecule has 0 bridgehead atoms. The van der Waals surface area contributed by atoms with Crippen LogP contribution in [0.25, 0.3) is 0 Å². The molecule has 0 spiro atoms. The molecule has 0 aromatic heterocycles. The van der Waals surface area contributed by atoms with Crippen molar-refractivity contribution in [3.8, 4) is 0 Å². The zero-order valence-corrected chi connectivity index (χ0v) is 36.9. The molecule has 0 aromatic carbocycles. The molecule has 0 aliphatic heterocycles. The second-order valence-electron chi connectivity index (χ2n) is 15.6. The Hall–Kier alpha value is -2.63. The monoisotopic (exact) mass is 785 g/mol. The van der Waals surface area contributed by atoms with Gasteiger partial charge in [0.15, 0.2) is 6.10 Å². The van der Waals surface area contributed by atoms with E-state index in [1.165, 1.54) is 109 Å². The molecule has 0 aromatic rings. The number of carbonyl (C=O) groups is 3. The summed E-state index contributed by atoms with van der Waals surface area (Å²) in [5.74, 6) is -0.928. The first-order valence-corrected chi connectivity index (χ1v) is 23.6. The molecule has 0 heterocycles. The summed E-state index contributed by atoms with van der Waals surface area (Å²) in [6, 6.07) is 0. The van der Waals surface area contributed by atoms with Crippen molar-refractivity contribution in [3.63, 3.8) is 0 Å². The van der Waals surface area contributed by atoms with E-state index in [0.717, 1.165) is 83.5 Å². The number of allylic oxidation sites excluding steroid dienone is 8. The van der Waals surface area contributed by atoms with Crippen LogP contribution in [0.15, 0.2) is 48.6 Å². The predicted octanol–water partition coefficient (Wildman–Crippen LogP) is 15.1. The highest BCUT2D eigenvalue weighted by Crippen LogP contribution is 2.15. The zero-order chi connectivity index (χ0) is 40.8. The minimum Gasteiger partial charge on any atom is -0.462 e. The van der Waals surface area contributed by atoms with Gasteiger partial charge in [-0.2, -0.15) is 0 Å². The van der Waals surface area contributed by atoms with Gasteiger partial charge in [-0.3, -0.25) is 14.4 Å². The lowest BCUT2D eigenvalue weighted by Gasteiger charge is -2.18. The van der Waals surface area contributed by atoms with Crippen LogP contribution in [0.1, 0.15) is 233 Å². The minimum atomic E-state index is -0.783. The molecule has 0 saturated heterocycles. The van der Waals surface area contributed by atoms with Crippen molar-refractivity contribution < 1.29 is 28.6 Å². The van der Waals surface area contributed by atoms with E-state index < -0.39 is 6.10 Å². The van der Waals surface area contributed by atoms with Crippen molar-refractivity contribution >= 4 is 17.9 Å². The van der Waals surface area contributed by atoms with E-state index in [-0.39, 0.29) is 31.1 Å². The van der Waals surface area contributed by atoms with Crippen LogP contribution < -0.4 is 0 Å². The Kier molecular flexibility index (Phi) is 43.0. The maximum atomic E-state index is 12.7. The van der Waals surface area contributed by atoms with Gasteiger partial charge in [0, 0.05) is 19.3 Å². The van der Waals surface area contributed by atoms with E-state index in [4.69, 9.17) is 14.2 Å². The second-order valence-corrected chi connectivity index (χ2v) is 15.6. The average molecular weight is 785 g/mol. The Balaban J connectivity index is 4.37. The topological polar surface area (TPSA) is 78.9 Å². The third kappa shape index (κ3) is 42.5. The largest absolute Gasteiger partial charge is 0.462 e. The fourth-order valence-electron chi connectivity index (χ4n) is 6.55. The van der Waals surface area contributed by atoms with E-state index >= 15 is 0 Å². The molecule has 0 radical (unpaired) electrons. The Morgan fingerprint density at radius 3 is 1.09 bits per heavy atom. The zero-order valence-electron chi connectivity index (χ0n) is 36.9. The van der Waals surface area contributed by atoms with Gasteiger partial charge in [-0.1, -0.05) is 204 Å². The number of hydrogen-bond acceptors (Lipinski definition) is 6. The van der Waals surface area contributed by atoms with Gasteiger partial charge in [-0.05, 0) is 57.8 Å². The third-order valence-corrected chi connectivity index (χ3v) is 10.1. The first-order valence-electron chi connectivity index (χ1n) is 23.6. The first-order chi connectivity index (χ1) is 27.5. The van der Waals surface area contributed by atoms with Crippen molar-refractivity contribution in [3.05, 3.63) is 48.6 Å². The van der Waals surface area contributed by atoms with Gasteiger partial charge in [0.25, 0.3) is 0 Å². The van der Waals surface area contributed by atoms with Gasteiger partial charge < -0.3 is 14.2 Å². The van der Waals surface area contributed by atoms with Crippen molar-refractivity contribution in [2.45, 2.75) is 239 Å². The van der Waals surface area contributed by atoms with Crippen LogP contribution in [-0.2, 0) is 28.6 Å². The number of unbranched alkanes of at least 4 members (excludes halogenated alkanes) is 23. The second kappa shape index (κ2) is 45.1. The van der Waals surface area contributed by atoms with Crippen molar-refractivity contribution in [1.82, 2.24) is 0 Å². The Morgan fingerprint density at radius 2 is 0.696 bits per heavy atom. The fourth-order valence-corrected chi connectivity index (χ4v) is 6.55. The molecular formula is C50H88O6. The van der Waals surface area contributed by atoms with Crippen LogP contribution in [0, 0.1) is 0 Å². The lowest BCUT2D eigenvalue weighted by atomic mass is 10.0. The fraction of sp³-hybridized carbons (Fsp3) is 0.780. The number of carbonyl (C=O) groups excluding carboxylic acids is 3. The summed E-state index contributed by atoms with van der Waals surface area (Å²) >= 11 is 0. The Labute approximate surface area is 346 Å². The van der Waals surface area contributed by atoms with Crippen molar-refractivity contribution in [2.24, 2.45) is 0 Å². The molecular weight excluding hydrogens is 697 g/mol. The molecule has 6 heteroatoms. The van der Waals surface area contributed by atoms with E-state index in [2.05, 4.69) is 69.4 Å². The number of rotatable bonds is 42. The number of esters is 3. The maximum absolute atomic E-state index is 12.7. The molecule has 0 amide bonds. The molecule has 0 fully saturated rings. The van der Waals surface area contributed by atoms with E-state index in [1.807, 2.05) is 0 Å². The van der Waals surface area contributed by atoms with Gasteiger partial charge in [-0.25, -0.2) is 0 Å². The first kappa shape index (κ1) is 53.4. The molecule has 0 N–H and O–H groups in total. The molecule has 6 nitrogen and oxygen atoms in total. The smallest absolute Gasteiger partial charge is 0.306 e. The molecule has 0 saturated carbocycles. The van der Waals surface area contributed by atoms with Crippen LogP contribution in [0.2, 0.25) is 0 Å². The molecule has 1 unspecified atom stereocenters. The predicted molar refractivity (Wildman–Crippen MR) is 238 cm³/mol. The van der Waals surface area contributed by atoms with E-state index in [1.54, 1.807) is 0 Å². The Bertz CT molecular complexity index is 996. The summed E-state index contributed by atoms with van der Waals surface area (Å²) < 4.78 is 16.7. The van der Waals surface area contributed by atoms with E-state index in [9.17, 15) is 14.4 Å². The highest BCUT2D eigenvalue weighted by Gasteiger charge is 2.19. The summed E-state index contributed by atoms with van der Waals surface area (Å²) in [5.41, 5.74) is 0. The van der Waals surface area contributed by atoms with Gasteiger partial charge in [-0.15, -0.1) is 0 Å². The van der Waals surface area contributed by atoms with Gasteiger partial charge in [0.2, 0.25) is 0 Å². The van der Waals surface area contributed by atoms with Crippen LogP contribution in [0.5, 0.6) is 0 Å². The summed E-state index contributed by atoms with van der Waals surface area (Å²) in [7, 11) is 0. The molecule has 324 valence electrons. The van der Waals surface area contributed by atoms with Crippen LogP contribution >= 0.6 is 0 Å². The number of hydrogen-bond donors (Lipinski definition) is 0. The average Bonchev–Trinajstić information content (AvgIpc) is 3.19. The summed E-state index contributed by atoms with van der Waals surface area (Å²) in [6.45, 7) is 6.46. The summed E-state index contributed by atoms with van der Waals surface area (Å²) in [4.78, 5) is 37.7. The van der Waals surface area contributed by atoms with Gasteiger partial charge in [0.05, 0.1) is 0 Å². The molecule has 1 atom stereocenters. The van der Waals surface area contributed by atoms with Gasteiger partial charge in [0.1, 0.15) is 13.2 Å². The Morgan fingerprint density at radius 1 is 0.375 bits per heavy atom. The molecule has 0 aliphatic rings. The SMILES string of the molecule is CC/C=C\C/C=C\C/C=C\C/C=C\CCCCC(=O)OCC(COC(=O)CCCCCCCCCC)OC(=O)CCCCCCCCCCCCCCCCC. The lowest BCUT2D eigenvalue weighted by Crippen LogP contribution is -2.30. The molecule has 0 rings (SSSR count). The number of ether oxygens (including phenoxy) is 3. The van der Waals surface area contributed by atoms with Crippen LogP contribution in [0.3, 0.4) is 0 Å². The summed E-state index contributed by atoms with van der Waals surface area (Å²) in [6.07, 6.45) is 52.4. The van der Waals surface area contributed by atoms with Crippen molar-refractivity contribution in [1.29, 1.82) is 0 Å².